The molecule has 236 valence electrons. The maximum absolute atomic E-state index is 12.4. The second-order valence-electron chi connectivity index (χ2n) is 11.4. The largest absolute Gasteiger partial charge is 0.430 e. The molecule has 3 fully saturated rings. The van der Waals surface area contributed by atoms with Crippen molar-refractivity contribution < 1.29 is 9.63 Å². The second kappa shape index (κ2) is 15.1. The summed E-state index contributed by atoms with van der Waals surface area (Å²) in [5.41, 5.74) is 8.32. The molecule has 3 heterocycles. The molecule has 6 rings (SSSR count). The molecule has 15 heteroatoms. The number of nitrogens with two attached hydrogens (primary N) is 1. The van der Waals surface area contributed by atoms with E-state index in [4.69, 9.17) is 48.7 Å². The number of fused-ring (bicyclic) bond motifs is 1. The number of carbonyl (C=O) groups is 1. The molecule has 11 nitrogen and oxygen atoms in total. The van der Waals surface area contributed by atoms with Gasteiger partial charge in [-0.3, -0.25) is 5.32 Å². The molecular weight excluding hydrogens is 636 g/mol. The highest BCUT2D eigenvalue weighted by Crippen LogP contribution is 2.34. The Morgan fingerprint density at radius 1 is 0.907 bits per heavy atom. The molecule has 0 radical (unpaired) electrons. The average Bonchev–Trinajstić information content (AvgIpc) is 3.64. The SMILES string of the molecule is Cl.Cl.NC1CCC(Nc2nc(NC3CCN(OC(=O)Nc4ccc(Cl)c(Cl)c4)CC3)c3ncn(C4CCCC4)c3n2)CC1. The Morgan fingerprint density at radius 3 is 2.30 bits per heavy atom. The Morgan fingerprint density at radius 2 is 1.60 bits per heavy atom. The zero-order valence-corrected chi connectivity index (χ0v) is 27.0. The minimum Gasteiger partial charge on any atom is -0.365 e. The molecule has 2 aliphatic carbocycles. The molecule has 2 saturated carbocycles. The Labute approximate surface area is 273 Å². The number of carbonyl (C=O) groups excluding carboxylic acids is 1. The van der Waals surface area contributed by atoms with Crippen LogP contribution in [0.3, 0.4) is 0 Å². The molecule has 43 heavy (non-hydrogen) atoms. The third kappa shape index (κ3) is 8.26. The summed E-state index contributed by atoms with van der Waals surface area (Å²) in [4.78, 5) is 32.6. The van der Waals surface area contributed by atoms with E-state index in [0.29, 0.717) is 46.9 Å². The lowest BCUT2D eigenvalue weighted by molar-refractivity contribution is -0.106. The zero-order valence-electron chi connectivity index (χ0n) is 23.8. The Bertz CT molecular complexity index is 1370. The summed E-state index contributed by atoms with van der Waals surface area (Å²) in [6, 6.07) is 6.08. The third-order valence-electron chi connectivity index (χ3n) is 8.42. The first kappa shape index (κ1) is 33.6. The van der Waals surface area contributed by atoms with Crippen LogP contribution in [0, 0.1) is 0 Å². The van der Waals surface area contributed by atoms with Crippen LogP contribution in [0.15, 0.2) is 24.5 Å². The van der Waals surface area contributed by atoms with Crippen LogP contribution in [0.2, 0.25) is 10.0 Å². The van der Waals surface area contributed by atoms with Crippen molar-refractivity contribution in [3.05, 3.63) is 34.6 Å². The van der Waals surface area contributed by atoms with Crippen LogP contribution in [0.5, 0.6) is 0 Å². The fraction of sp³-hybridized carbons (Fsp3) is 0.571. The van der Waals surface area contributed by atoms with Gasteiger partial charge in [-0.25, -0.2) is 9.78 Å². The van der Waals surface area contributed by atoms with Crippen molar-refractivity contribution in [2.45, 2.75) is 88.4 Å². The summed E-state index contributed by atoms with van der Waals surface area (Å²) in [6.45, 7) is 1.18. The van der Waals surface area contributed by atoms with Gasteiger partial charge in [0.05, 0.1) is 16.4 Å². The number of anilines is 3. The number of amides is 1. The van der Waals surface area contributed by atoms with Crippen molar-refractivity contribution in [2.75, 3.05) is 29.0 Å². The minimum atomic E-state index is -0.566. The fourth-order valence-corrected chi connectivity index (χ4v) is 6.39. The lowest BCUT2D eigenvalue weighted by Gasteiger charge is -2.31. The molecule has 3 aromatic rings. The topological polar surface area (TPSA) is 135 Å². The van der Waals surface area contributed by atoms with Gasteiger partial charge in [0.15, 0.2) is 17.0 Å². The number of benzene rings is 1. The molecule has 1 saturated heterocycles. The Balaban J connectivity index is 0.00000212. The molecular formula is C28H39Cl4N9O2. The van der Waals surface area contributed by atoms with E-state index in [1.807, 2.05) is 6.33 Å². The second-order valence-corrected chi connectivity index (χ2v) is 12.2. The van der Waals surface area contributed by atoms with Crippen LogP contribution < -0.4 is 21.7 Å². The van der Waals surface area contributed by atoms with Crippen LogP contribution >= 0.6 is 48.0 Å². The number of hydroxylamine groups is 2. The van der Waals surface area contributed by atoms with Gasteiger partial charge in [-0.15, -0.1) is 29.9 Å². The van der Waals surface area contributed by atoms with Crippen LogP contribution in [0.1, 0.15) is 70.3 Å². The van der Waals surface area contributed by atoms with Gasteiger partial charge in [-0.2, -0.15) is 9.97 Å². The highest BCUT2D eigenvalue weighted by Gasteiger charge is 2.27. The number of piperidine rings is 1. The average molecular weight is 675 g/mol. The van der Waals surface area contributed by atoms with Gasteiger partial charge in [0.1, 0.15) is 0 Å². The van der Waals surface area contributed by atoms with Crippen molar-refractivity contribution in [3.63, 3.8) is 0 Å². The zero-order chi connectivity index (χ0) is 28.3. The highest BCUT2D eigenvalue weighted by molar-refractivity contribution is 6.42. The minimum absolute atomic E-state index is 0. The normalized spacial score (nSPS) is 21.6. The van der Waals surface area contributed by atoms with E-state index >= 15 is 0 Å². The summed E-state index contributed by atoms with van der Waals surface area (Å²) in [7, 11) is 0. The standard InChI is InChI=1S/C28H37Cl2N9O2.2ClH/c29-22-10-9-20(15-23(22)30)35-28(40)41-38-13-11-19(12-14-38)33-25-24-26(39(16-32-24)21-3-1-2-4-21)37-27(36-25)34-18-7-5-17(31)6-8-18;;/h9-10,15-19,21H,1-8,11-14,31H2,(H,35,40)(H2,33,34,36,37);2*1H. The molecule has 0 atom stereocenters. The van der Waals surface area contributed by atoms with Gasteiger partial charge in [0.2, 0.25) is 5.95 Å². The molecule has 0 spiro atoms. The van der Waals surface area contributed by atoms with Crippen molar-refractivity contribution in [3.8, 4) is 0 Å². The predicted octanol–water partition coefficient (Wildman–Crippen LogP) is 6.81. The molecule has 1 aromatic carbocycles. The monoisotopic (exact) mass is 673 g/mol. The molecule has 5 N–H and O–H groups in total. The summed E-state index contributed by atoms with van der Waals surface area (Å²) >= 11 is 12.0. The molecule has 1 amide bonds. The fourth-order valence-electron chi connectivity index (χ4n) is 6.09. The quantitative estimate of drug-likeness (QED) is 0.213. The van der Waals surface area contributed by atoms with E-state index in [2.05, 4.69) is 20.5 Å². The number of nitrogens with one attached hydrogen (secondary N) is 3. The van der Waals surface area contributed by atoms with Crippen LogP contribution in [-0.4, -0.2) is 61.9 Å². The number of halogens is 4. The number of rotatable bonds is 7. The summed E-state index contributed by atoms with van der Waals surface area (Å²) < 4.78 is 2.24. The van der Waals surface area contributed by atoms with Crippen LogP contribution in [0.25, 0.3) is 11.2 Å². The van der Waals surface area contributed by atoms with Gasteiger partial charge in [-0.05, 0) is 69.6 Å². The van der Waals surface area contributed by atoms with Crippen molar-refractivity contribution in [1.82, 2.24) is 24.6 Å². The maximum Gasteiger partial charge on any atom is 0.430 e. The van der Waals surface area contributed by atoms with E-state index < -0.39 is 6.09 Å². The molecule has 2 aromatic heterocycles. The third-order valence-corrected chi connectivity index (χ3v) is 9.16. The van der Waals surface area contributed by atoms with E-state index in [0.717, 1.165) is 68.3 Å². The van der Waals surface area contributed by atoms with Gasteiger partial charge in [0, 0.05) is 42.9 Å². The first-order valence-corrected chi connectivity index (χ1v) is 15.4. The lowest BCUT2D eigenvalue weighted by atomic mass is 9.92. The van der Waals surface area contributed by atoms with Gasteiger partial charge >= 0.3 is 6.09 Å². The predicted molar refractivity (Wildman–Crippen MR) is 176 cm³/mol. The van der Waals surface area contributed by atoms with Gasteiger partial charge in [0.25, 0.3) is 0 Å². The van der Waals surface area contributed by atoms with Crippen molar-refractivity contribution in [2.24, 2.45) is 5.73 Å². The highest BCUT2D eigenvalue weighted by atomic mass is 35.5. The van der Waals surface area contributed by atoms with Crippen LogP contribution in [-0.2, 0) is 4.84 Å². The smallest absolute Gasteiger partial charge is 0.365 e. The summed E-state index contributed by atoms with van der Waals surface area (Å²) in [5, 5.41) is 12.4. The van der Waals surface area contributed by atoms with Crippen molar-refractivity contribution >= 4 is 82.7 Å². The number of hydrogen-bond acceptors (Lipinski definition) is 9. The van der Waals surface area contributed by atoms with Gasteiger partial charge < -0.3 is 25.8 Å². The van der Waals surface area contributed by atoms with E-state index in [1.165, 1.54) is 12.8 Å². The molecule has 1 aliphatic heterocycles. The molecule has 0 bridgehead atoms. The summed E-state index contributed by atoms with van der Waals surface area (Å²) in [6.07, 6.45) is 11.7. The Hall–Kier alpha value is -2.28. The Kier molecular flexibility index (Phi) is 11.8. The van der Waals surface area contributed by atoms with Crippen molar-refractivity contribution in [1.29, 1.82) is 0 Å². The lowest BCUT2D eigenvalue weighted by Crippen LogP contribution is -2.41. The molecule has 0 unspecified atom stereocenters. The first-order valence-electron chi connectivity index (χ1n) is 14.6. The van der Waals surface area contributed by atoms with E-state index in [9.17, 15) is 4.79 Å². The van der Waals surface area contributed by atoms with E-state index in [-0.39, 0.29) is 36.9 Å². The summed E-state index contributed by atoms with van der Waals surface area (Å²) in [5.74, 6) is 1.39. The number of imidazole rings is 1. The number of aromatic nitrogens is 4. The number of nitrogens with zero attached hydrogens (tertiary/aromatic N) is 5. The van der Waals surface area contributed by atoms with E-state index in [1.54, 1.807) is 23.3 Å². The molecule has 3 aliphatic rings. The van der Waals surface area contributed by atoms with Gasteiger partial charge in [-0.1, -0.05) is 36.0 Å². The maximum atomic E-state index is 12.4. The first-order chi connectivity index (χ1) is 19.9. The van der Waals surface area contributed by atoms with Crippen LogP contribution in [0.4, 0.5) is 22.2 Å². The number of hydrogen-bond donors (Lipinski definition) is 4.